The Hall–Kier alpha value is -4.66. The predicted molar refractivity (Wildman–Crippen MR) is 132 cm³/mol. The van der Waals surface area contributed by atoms with Crippen molar-refractivity contribution < 1.29 is 24.2 Å². The minimum absolute atomic E-state index is 0.0233. The quantitative estimate of drug-likeness (QED) is 0.253. The molecule has 0 spiro atoms. The highest BCUT2D eigenvalue weighted by molar-refractivity contribution is 6.46. The second-order valence-corrected chi connectivity index (χ2v) is 8.38. The Morgan fingerprint density at radius 3 is 2.58 bits per heavy atom. The van der Waals surface area contributed by atoms with Crippen LogP contribution in [0.25, 0.3) is 11.4 Å². The van der Waals surface area contributed by atoms with E-state index in [0.29, 0.717) is 34.1 Å². The number of pyridine rings is 2. The standard InChI is InChI=1S/C27H24N4O5/c1-16-23(30-12-5-4-8-21(30)29-16)25(32)22-24(18-9-10-19(35-2)20(13-18)36-3)31(27(34)26(22)33)15-17-7-6-11-28-14-17/h4-14,24,32H,15H2,1-3H3/b25-22+. The molecule has 5 rings (SSSR count). The number of Topliss-reactive ketones (excluding diaryl/α,β-unsaturated/α-hetero) is 1. The van der Waals surface area contributed by atoms with E-state index in [-0.39, 0.29) is 17.9 Å². The number of carbonyl (C=O) groups excluding carboxylic acids is 2. The first kappa shape index (κ1) is 23.1. The molecule has 1 fully saturated rings. The van der Waals surface area contributed by atoms with Gasteiger partial charge >= 0.3 is 0 Å². The molecule has 1 unspecified atom stereocenters. The first-order valence-corrected chi connectivity index (χ1v) is 11.3. The monoisotopic (exact) mass is 484 g/mol. The molecule has 3 aromatic heterocycles. The Bertz CT molecular complexity index is 1510. The van der Waals surface area contributed by atoms with Gasteiger partial charge in [-0.3, -0.25) is 19.0 Å². The second kappa shape index (κ2) is 9.18. The van der Waals surface area contributed by atoms with E-state index in [4.69, 9.17) is 9.47 Å². The van der Waals surface area contributed by atoms with Gasteiger partial charge in [-0.05, 0) is 48.4 Å². The van der Waals surface area contributed by atoms with Crippen molar-refractivity contribution in [1.82, 2.24) is 19.3 Å². The fourth-order valence-corrected chi connectivity index (χ4v) is 4.63. The van der Waals surface area contributed by atoms with Crippen molar-refractivity contribution in [2.45, 2.75) is 19.5 Å². The number of methoxy groups -OCH3 is 2. The summed E-state index contributed by atoms with van der Waals surface area (Å²) in [6.07, 6.45) is 5.03. The molecule has 1 amide bonds. The van der Waals surface area contributed by atoms with E-state index in [1.54, 1.807) is 66.3 Å². The summed E-state index contributed by atoms with van der Waals surface area (Å²) in [7, 11) is 3.04. The van der Waals surface area contributed by atoms with Gasteiger partial charge in [-0.15, -0.1) is 0 Å². The number of hydrogen-bond donors (Lipinski definition) is 1. The molecule has 4 aromatic rings. The van der Waals surface area contributed by atoms with Gasteiger partial charge in [-0.1, -0.05) is 18.2 Å². The van der Waals surface area contributed by atoms with Crippen molar-refractivity contribution in [3.05, 3.63) is 95.2 Å². The van der Waals surface area contributed by atoms with Gasteiger partial charge in [-0.25, -0.2) is 4.98 Å². The smallest absolute Gasteiger partial charge is 0.295 e. The summed E-state index contributed by atoms with van der Waals surface area (Å²) >= 11 is 0. The fourth-order valence-electron chi connectivity index (χ4n) is 4.63. The first-order chi connectivity index (χ1) is 17.4. The van der Waals surface area contributed by atoms with E-state index in [9.17, 15) is 14.7 Å². The van der Waals surface area contributed by atoms with Crippen LogP contribution in [-0.4, -0.2) is 50.3 Å². The van der Waals surface area contributed by atoms with Crippen LogP contribution in [0, 0.1) is 6.92 Å². The lowest BCUT2D eigenvalue weighted by molar-refractivity contribution is -0.140. The highest BCUT2D eigenvalue weighted by Crippen LogP contribution is 2.43. The van der Waals surface area contributed by atoms with Crippen LogP contribution in [0.3, 0.4) is 0 Å². The maximum atomic E-state index is 13.4. The van der Waals surface area contributed by atoms with Gasteiger partial charge in [0.15, 0.2) is 17.3 Å². The Kier molecular flexibility index (Phi) is 5.89. The summed E-state index contributed by atoms with van der Waals surface area (Å²) in [5, 5.41) is 11.6. The van der Waals surface area contributed by atoms with Crippen LogP contribution >= 0.6 is 0 Å². The summed E-state index contributed by atoms with van der Waals surface area (Å²) in [5.74, 6) is -0.845. The summed E-state index contributed by atoms with van der Waals surface area (Å²) in [6.45, 7) is 1.87. The summed E-state index contributed by atoms with van der Waals surface area (Å²) in [5.41, 5.74) is 2.81. The van der Waals surface area contributed by atoms with Gasteiger partial charge in [0.25, 0.3) is 11.7 Å². The van der Waals surface area contributed by atoms with Crippen molar-refractivity contribution in [2.75, 3.05) is 14.2 Å². The minimum Gasteiger partial charge on any atom is -0.505 e. The maximum Gasteiger partial charge on any atom is 0.295 e. The zero-order valence-corrected chi connectivity index (χ0v) is 20.0. The number of amides is 1. The zero-order valence-electron chi connectivity index (χ0n) is 20.0. The predicted octanol–water partition coefficient (Wildman–Crippen LogP) is 3.68. The van der Waals surface area contributed by atoms with Gasteiger partial charge < -0.3 is 19.5 Å². The average Bonchev–Trinajstić information content (AvgIpc) is 3.37. The van der Waals surface area contributed by atoms with Crippen LogP contribution in [0.15, 0.2) is 72.7 Å². The molecule has 182 valence electrons. The number of benzene rings is 1. The normalized spacial score (nSPS) is 17.1. The number of nitrogens with zero attached hydrogens (tertiary/aromatic N) is 4. The number of ether oxygens (including phenoxy) is 2. The van der Waals surface area contributed by atoms with E-state index in [1.165, 1.54) is 19.1 Å². The lowest BCUT2D eigenvalue weighted by Gasteiger charge is -2.26. The molecular formula is C27H24N4O5. The highest BCUT2D eigenvalue weighted by Gasteiger charge is 2.46. The van der Waals surface area contributed by atoms with Crippen LogP contribution < -0.4 is 9.47 Å². The van der Waals surface area contributed by atoms with Crippen LogP contribution in [0.5, 0.6) is 11.5 Å². The van der Waals surface area contributed by atoms with Crippen LogP contribution in [0.1, 0.15) is 28.6 Å². The second-order valence-electron chi connectivity index (χ2n) is 8.38. The third-order valence-corrected chi connectivity index (χ3v) is 6.27. The SMILES string of the molecule is COc1ccc(C2/C(=C(\O)c3c(C)nc4ccccn34)C(=O)C(=O)N2Cc2cccnc2)cc1OC. The van der Waals surface area contributed by atoms with E-state index in [0.717, 1.165) is 5.56 Å². The third kappa shape index (κ3) is 3.74. The third-order valence-electron chi connectivity index (χ3n) is 6.27. The molecule has 0 bridgehead atoms. The molecule has 9 heteroatoms. The molecule has 1 N–H and O–H groups in total. The molecule has 1 aliphatic rings. The van der Waals surface area contributed by atoms with Gasteiger partial charge in [0.05, 0.1) is 31.5 Å². The van der Waals surface area contributed by atoms with Gasteiger partial charge in [0.2, 0.25) is 0 Å². The topological polar surface area (TPSA) is 106 Å². The van der Waals surface area contributed by atoms with Gasteiger partial charge in [0.1, 0.15) is 11.3 Å². The number of hydrogen-bond acceptors (Lipinski definition) is 7. The number of aryl methyl sites for hydroxylation is 1. The summed E-state index contributed by atoms with van der Waals surface area (Å²) in [4.78, 5) is 36.8. The summed E-state index contributed by atoms with van der Waals surface area (Å²) in [6, 6.07) is 13.3. The van der Waals surface area contributed by atoms with Crippen molar-refractivity contribution >= 4 is 23.1 Å². The Labute approximate surface area is 207 Å². The molecule has 0 saturated carbocycles. The van der Waals surface area contributed by atoms with Crippen molar-refractivity contribution in [1.29, 1.82) is 0 Å². The van der Waals surface area contributed by atoms with Crippen LogP contribution in [0.4, 0.5) is 0 Å². The van der Waals surface area contributed by atoms with Crippen LogP contribution in [0.2, 0.25) is 0 Å². The average molecular weight is 485 g/mol. The molecule has 4 heterocycles. The molecule has 1 saturated heterocycles. The van der Waals surface area contributed by atoms with E-state index >= 15 is 0 Å². The number of rotatable bonds is 6. The molecule has 9 nitrogen and oxygen atoms in total. The molecule has 1 aliphatic heterocycles. The molecule has 0 radical (unpaired) electrons. The number of aromatic nitrogens is 3. The largest absolute Gasteiger partial charge is 0.505 e. The van der Waals surface area contributed by atoms with Crippen molar-refractivity contribution in [2.24, 2.45) is 0 Å². The lowest BCUT2D eigenvalue weighted by Crippen LogP contribution is -2.29. The fraction of sp³-hybridized carbons (Fsp3) is 0.185. The number of aliphatic hydroxyl groups excluding tert-OH is 1. The van der Waals surface area contributed by atoms with Gasteiger partial charge in [-0.2, -0.15) is 0 Å². The molecule has 1 atom stereocenters. The number of likely N-dealkylation sites (tertiary alicyclic amines) is 1. The number of carbonyl (C=O) groups is 2. The van der Waals surface area contributed by atoms with E-state index in [2.05, 4.69) is 9.97 Å². The number of aliphatic hydroxyl groups is 1. The lowest BCUT2D eigenvalue weighted by atomic mass is 9.95. The maximum absolute atomic E-state index is 13.4. The summed E-state index contributed by atoms with van der Waals surface area (Å²) < 4.78 is 12.5. The Morgan fingerprint density at radius 2 is 1.86 bits per heavy atom. The molecule has 0 aliphatic carbocycles. The molecule has 36 heavy (non-hydrogen) atoms. The molecular weight excluding hydrogens is 460 g/mol. The number of ketones is 1. The van der Waals surface area contributed by atoms with Crippen LogP contribution in [-0.2, 0) is 16.1 Å². The molecule has 1 aromatic carbocycles. The van der Waals surface area contributed by atoms with Gasteiger partial charge in [0, 0.05) is 25.1 Å². The first-order valence-electron chi connectivity index (χ1n) is 11.3. The van der Waals surface area contributed by atoms with E-state index < -0.39 is 17.7 Å². The van der Waals surface area contributed by atoms with Crippen molar-refractivity contribution in [3.8, 4) is 11.5 Å². The van der Waals surface area contributed by atoms with Crippen molar-refractivity contribution in [3.63, 3.8) is 0 Å². The number of fused-ring (bicyclic) bond motifs is 1. The van der Waals surface area contributed by atoms with E-state index in [1.807, 2.05) is 12.1 Å². The Morgan fingerprint density at radius 1 is 1.06 bits per heavy atom. The minimum atomic E-state index is -0.876. The highest BCUT2D eigenvalue weighted by atomic mass is 16.5. The number of imidazole rings is 1. The zero-order chi connectivity index (χ0) is 25.4. The Balaban J connectivity index is 1.73.